The number of amides is 1. The van der Waals surface area contributed by atoms with Crippen LogP contribution in [0.25, 0.3) is 0 Å². The first kappa shape index (κ1) is 21.0. The van der Waals surface area contributed by atoms with Crippen LogP contribution in [-0.4, -0.2) is 46.9 Å². The molecule has 0 radical (unpaired) electrons. The van der Waals surface area contributed by atoms with Crippen molar-refractivity contribution in [1.29, 1.82) is 0 Å². The van der Waals surface area contributed by atoms with Crippen LogP contribution in [0.3, 0.4) is 0 Å². The Morgan fingerprint density at radius 1 is 1.07 bits per heavy atom. The van der Waals surface area contributed by atoms with Gasteiger partial charge in [-0.3, -0.25) is 4.79 Å². The molecule has 0 unspecified atom stereocenters. The number of carbonyl (C=O) groups is 1. The average Bonchev–Trinajstić information content (AvgIpc) is 2.65. The topological polar surface area (TPSA) is 84.9 Å². The van der Waals surface area contributed by atoms with Crippen molar-refractivity contribution in [2.75, 3.05) is 28.3 Å². The number of hydrogen-bond acceptors (Lipinski definition) is 5. The molecule has 0 aromatic heterocycles. The van der Waals surface area contributed by atoms with Crippen molar-refractivity contribution in [3.63, 3.8) is 0 Å². The summed E-state index contributed by atoms with van der Waals surface area (Å²) in [4.78, 5) is 12.5. The van der Waals surface area contributed by atoms with E-state index in [9.17, 15) is 13.2 Å². The number of nitrogens with zero attached hydrogens (tertiary/aromatic N) is 1. The summed E-state index contributed by atoms with van der Waals surface area (Å²) >= 11 is 6.09. The van der Waals surface area contributed by atoms with Crippen LogP contribution >= 0.6 is 11.6 Å². The Balaban J connectivity index is 2.24. The standard InChI is InChI=1S/C18H21ClN2O5S/c1-21(2)27(23,24)15-5-6-17(19)16(10-15)18(22)20-11-12-7-13(25-3)9-14(8-12)26-4/h5-10H,11H2,1-4H3,(H,20,22). The molecule has 9 heteroatoms. The third-order valence-corrected chi connectivity index (χ3v) is 5.97. The third kappa shape index (κ3) is 4.91. The molecule has 7 nitrogen and oxygen atoms in total. The minimum absolute atomic E-state index is 0.00917. The van der Waals surface area contributed by atoms with Crippen molar-refractivity contribution in [3.05, 3.63) is 52.5 Å². The molecule has 0 fully saturated rings. The van der Waals surface area contributed by atoms with Crippen LogP contribution in [0.4, 0.5) is 0 Å². The molecule has 0 saturated carbocycles. The third-order valence-electron chi connectivity index (χ3n) is 3.83. The predicted octanol–water partition coefficient (Wildman–Crippen LogP) is 2.54. The fraction of sp³-hybridized carbons (Fsp3) is 0.278. The van der Waals surface area contributed by atoms with Gasteiger partial charge in [0.05, 0.1) is 29.7 Å². The minimum atomic E-state index is -3.67. The highest BCUT2D eigenvalue weighted by Gasteiger charge is 2.20. The molecule has 0 saturated heterocycles. The van der Waals surface area contributed by atoms with Gasteiger partial charge in [0.15, 0.2) is 0 Å². The largest absolute Gasteiger partial charge is 0.497 e. The van der Waals surface area contributed by atoms with Gasteiger partial charge in [0.25, 0.3) is 5.91 Å². The summed E-state index contributed by atoms with van der Waals surface area (Å²) in [6.45, 7) is 0.188. The zero-order valence-electron chi connectivity index (χ0n) is 15.4. The molecule has 0 bridgehead atoms. The number of ether oxygens (including phenoxy) is 2. The Morgan fingerprint density at radius 3 is 2.19 bits per heavy atom. The van der Waals surface area contributed by atoms with Crippen LogP contribution in [0.1, 0.15) is 15.9 Å². The summed E-state index contributed by atoms with van der Waals surface area (Å²) in [5.74, 6) is 0.698. The zero-order chi connectivity index (χ0) is 20.2. The summed E-state index contributed by atoms with van der Waals surface area (Å²) in [6.07, 6.45) is 0. The quantitative estimate of drug-likeness (QED) is 0.755. The van der Waals surface area contributed by atoms with Crippen molar-refractivity contribution in [3.8, 4) is 11.5 Å². The number of sulfonamides is 1. The molecule has 2 rings (SSSR count). The van der Waals surface area contributed by atoms with Gasteiger partial charge in [-0.15, -0.1) is 0 Å². The zero-order valence-corrected chi connectivity index (χ0v) is 17.0. The summed E-state index contributed by atoms with van der Waals surface area (Å²) < 4.78 is 36.0. The van der Waals surface area contributed by atoms with E-state index in [2.05, 4.69) is 5.32 Å². The van der Waals surface area contributed by atoms with E-state index in [0.717, 1.165) is 9.87 Å². The summed E-state index contributed by atoms with van der Waals surface area (Å²) in [5.41, 5.74) is 0.835. The van der Waals surface area contributed by atoms with Crippen molar-refractivity contribution in [2.45, 2.75) is 11.4 Å². The number of benzene rings is 2. The van der Waals surface area contributed by atoms with Crippen LogP contribution in [0.2, 0.25) is 5.02 Å². The normalized spacial score (nSPS) is 11.3. The van der Waals surface area contributed by atoms with Crippen LogP contribution in [0.5, 0.6) is 11.5 Å². The Hall–Kier alpha value is -2.29. The van der Waals surface area contributed by atoms with Gasteiger partial charge in [-0.2, -0.15) is 0 Å². The molecule has 0 heterocycles. The molecule has 0 spiro atoms. The maximum atomic E-state index is 12.5. The Morgan fingerprint density at radius 2 is 1.67 bits per heavy atom. The highest BCUT2D eigenvalue weighted by atomic mass is 35.5. The summed E-state index contributed by atoms with van der Waals surface area (Å²) in [6, 6.07) is 9.26. The first-order chi connectivity index (χ1) is 12.7. The fourth-order valence-electron chi connectivity index (χ4n) is 2.30. The minimum Gasteiger partial charge on any atom is -0.497 e. The van der Waals surface area contributed by atoms with Gasteiger partial charge >= 0.3 is 0 Å². The van der Waals surface area contributed by atoms with Crippen LogP contribution in [0.15, 0.2) is 41.3 Å². The first-order valence-electron chi connectivity index (χ1n) is 7.91. The number of rotatable bonds is 7. The molecule has 0 aliphatic heterocycles. The smallest absolute Gasteiger partial charge is 0.253 e. The number of nitrogens with one attached hydrogen (secondary N) is 1. The van der Waals surface area contributed by atoms with Gasteiger partial charge in [0.1, 0.15) is 11.5 Å². The van der Waals surface area contributed by atoms with E-state index in [0.29, 0.717) is 11.5 Å². The van der Waals surface area contributed by atoms with Gasteiger partial charge in [0.2, 0.25) is 10.0 Å². The monoisotopic (exact) mass is 412 g/mol. The molecular weight excluding hydrogens is 392 g/mol. The molecule has 1 amide bonds. The van der Waals surface area contributed by atoms with Crippen LogP contribution in [-0.2, 0) is 16.6 Å². The van der Waals surface area contributed by atoms with Crippen molar-refractivity contribution in [2.24, 2.45) is 0 Å². The molecule has 2 aromatic rings. The van der Waals surface area contributed by atoms with Gasteiger partial charge < -0.3 is 14.8 Å². The average molecular weight is 413 g/mol. The van der Waals surface area contributed by atoms with E-state index in [1.807, 2.05) is 0 Å². The predicted molar refractivity (Wildman–Crippen MR) is 103 cm³/mol. The fourth-order valence-corrected chi connectivity index (χ4v) is 3.43. The Bertz CT molecular complexity index is 923. The lowest BCUT2D eigenvalue weighted by Gasteiger charge is -2.13. The lowest BCUT2D eigenvalue weighted by atomic mass is 10.1. The lowest BCUT2D eigenvalue weighted by molar-refractivity contribution is 0.0950. The number of hydrogen-bond donors (Lipinski definition) is 1. The van der Waals surface area contributed by atoms with Gasteiger partial charge in [-0.1, -0.05) is 11.6 Å². The summed E-state index contributed by atoms with van der Waals surface area (Å²) in [7, 11) is 2.23. The number of methoxy groups -OCH3 is 2. The molecule has 0 aliphatic carbocycles. The van der Waals surface area contributed by atoms with E-state index < -0.39 is 15.9 Å². The Labute approximate surface area is 163 Å². The molecule has 0 atom stereocenters. The molecule has 0 aliphatic rings. The lowest BCUT2D eigenvalue weighted by Crippen LogP contribution is -2.25. The highest BCUT2D eigenvalue weighted by Crippen LogP contribution is 2.24. The van der Waals surface area contributed by atoms with Gasteiger partial charge in [0, 0.05) is 26.7 Å². The van der Waals surface area contributed by atoms with Crippen molar-refractivity contribution >= 4 is 27.5 Å². The van der Waals surface area contributed by atoms with E-state index >= 15 is 0 Å². The van der Waals surface area contributed by atoms with Crippen LogP contribution in [0, 0.1) is 0 Å². The summed E-state index contributed by atoms with van der Waals surface area (Å²) in [5, 5.41) is 2.88. The van der Waals surface area contributed by atoms with Crippen molar-refractivity contribution < 1.29 is 22.7 Å². The second kappa shape index (κ2) is 8.60. The maximum absolute atomic E-state index is 12.5. The van der Waals surface area contributed by atoms with E-state index in [-0.39, 0.29) is 22.0 Å². The molecular formula is C18H21ClN2O5S. The molecule has 27 heavy (non-hydrogen) atoms. The number of halogens is 1. The van der Waals surface area contributed by atoms with E-state index in [4.69, 9.17) is 21.1 Å². The Kier molecular flexibility index (Phi) is 6.69. The van der Waals surface area contributed by atoms with Gasteiger partial charge in [-0.25, -0.2) is 12.7 Å². The number of carbonyl (C=O) groups excluding carboxylic acids is 1. The second-order valence-corrected chi connectivity index (χ2v) is 8.39. The van der Waals surface area contributed by atoms with E-state index in [1.165, 1.54) is 46.5 Å². The second-order valence-electron chi connectivity index (χ2n) is 5.83. The highest BCUT2D eigenvalue weighted by molar-refractivity contribution is 7.89. The first-order valence-corrected chi connectivity index (χ1v) is 9.73. The van der Waals surface area contributed by atoms with E-state index in [1.54, 1.807) is 18.2 Å². The molecule has 1 N–H and O–H groups in total. The maximum Gasteiger partial charge on any atom is 0.253 e. The molecule has 146 valence electrons. The SMILES string of the molecule is COc1cc(CNC(=O)c2cc(S(=O)(=O)N(C)C)ccc2Cl)cc(OC)c1. The van der Waals surface area contributed by atoms with Crippen molar-refractivity contribution in [1.82, 2.24) is 9.62 Å². The molecule has 2 aromatic carbocycles. The van der Waals surface area contributed by atoms with Gasteiger partial charge in [-0.05, 0) is 35.9 Å². The van der Waals surface area contributed by atoms with Crippen LogP contribution < -0.4 is 14.8 Å².